The second-order valence-electron chi connectivity index (χ2n) is 7.71. The summed E-state index contributed by atoms with van der Waals surface area (Å²) in [4.78, 5) is 23.9. The molecule has 3 aromatic rings. The third-order valence-corrected chi connectivity index (χ3v) is 5.53. The van der Waals surface area contributed by atoms with Gasteiger partial charge in [0.05, 0.1) is 12.5 Å². The summed E-state index contributed by atoms with van der Waals surface area (Å²) in [6.45, 7) is -0.0274. The number of hydrogen-bond acceptors (Lipinski definition) is 4. The van der Waals surface area contributed by atoms with Crippen LogP contribution in [0, 0.1) is 0 Å². The van der Waals surface area contributed by atoms with Crippen molar-refractivity contribution in [1.29, 1.82) is 0 Å². The molecule has 0 bridgehead atoms. The number of rotatable bonds is 7. The third kappa shape index (κ3) is 5.14. The molecule has 1 amide bonds. The Morgan fingerprint density at radius 3 is 2.06 bits per heavy atom. The van der Waals surface area contributed by atoms with Crippen LogP contribution >= 0.6 is 0 Å². The zero-order valence-electron chi connectivity index (χ0n) is 17.7. The van der Waals surface area contributed by atoms with E-state index in [9.17, 15) is 27.9 Å². The number of carboxylic acid groups (broad SMARTS) is 1. The second-order valence-corrected chi connectivity index (χ2v) is 7.71. The molecule has 34 heavy (non-hydrogen) atoms. The van der Waals surface area contributed by atoms with Crippen molar-refractivity contribution >= 4 is 12.1 Å². The van der Waals surface area contributed by atoms with E-state index >= 15 is 0 Å². The van der Waals surface area contributed by atoms with Crippen molar-refractivity contribution in [2.45, 2.75) is 24.7 Å². The Balaban J connectivity index is 1.51. The highest BCUT2D eigenvalue weighted by molar-refractivity contribution is 5.79. The van der Waals surface area contributed by atoms with Crippen molar-refractivity contribution in [3.63, 3.8) is 0 Å². The van der Waals surface area contributed by atoms with E-state index in [0.29, 0.717) is 0 Å². The number of nitrogens with one attached hydrogen (secondary N) is 1. The van der Waals surface area contributed by atoms with E-state index in [1.807, 2.05) is 48.5 Å². The zero-order chi connectivity index (χ0) is 24.3. The highest BCUT2D eigenvalue weighted by Gasteiger charge is 2.34. The van der Waals surface area contributed by atoms with Gasteiger partial charge in [0.2, 0.25) is 0 Å². The summed E-state index contributed by atoms with van der Waals surface area (Å²) in [5.41, 5.74) is 3.92. The molecule has 0 radical (unpaired) electrons. The summed E-state index contributed by atoms with van der Waals surface area (Å²) >= 11 is 0. The molecular weight excluding hydrogens is 451 g/mol. The number of aliphatic carboxylic acids is 1. The lowest BCUT2D eigenvalue weighted by molar-refractivity contribution is -0.275. The number of amides is 1. The lowest BCUT2D eigenvalue weighted by Crippen LogP contribution is -2.32. The van der Waals surface area contributed by atoms with Crippen LogP contribution < -0.4 is 10.1 Å². The summed E-state index contributed by atoms with van der Waals surface area (Å²) in [5, 5.41) is 11.6. The number of carbonyl (C=O) groups is 2. The largest absolute Gasteiger partial charge is 0.573 e. The number of alkyl halides is 3. The highest BCUT2D eigenvalue weighted by atomic mass is 19.4. The molecule has 2 N–H and O–H groups in total. The maximum absolute atomic E-state index is 12.8. The van der Waals surface area contributed by atoms with Crippen molar-refractivity contribution in [3.8, 4) is 16.9 Å². The number of ether oxygens (including phenoxy) is 2. The predicted octanol–water partition coefficient (Wildman–Crippen LogP) is 5.64. The first kappa shape index (κ1) is 23.2. The summed E-state index contributed by atoms with van der Waals surface area (Å²) in [5.74, 6) is -2.14. The first-order valence-electron chi connectivity index (χ1n) is 10.4. The Morgan fingerprint density at radius 1 is 0.912 bits per heavy atom. The van der Waals surface area contributed by atoms with Gasteiger partial charge in [-0.2, -0.15) is 0 Å². The van der Waals surface area contributed by atoms with E-state index in [4.69, 9.17) is 4.74 Å². The van der Waals surface area contributed by atoms with E-state index in [0.717, 1.165) is 28.3 Å². The lowest BCUT2D eigenvalue weighted by Gasteiger charge is -2.21. The fourth-order valence-electron chi connectivity index (χ4n) is 4.18. The number of halogens is 3. The first-order chi connectivity index (χ1) is 16.2. The molecule has 176 valence electrons. The van der Waals surface area contributed by atoms with Crippen molar-refractivity contribution in [2.75, 3.05) is 6.61 Å². The Morgan fingerprint density at radius 2 is 1.47 bits per heavy atom. The van der Waals surface area contributed by atoms with Gasteiger partial charge in [-0.05, 0) is 28.3 Å². The van der Waals surface area contributed by atoms with Crippen LogP contribution in [0.15, 0.2) is 72.8 Å². The Labute approximate surface area is 192 Å². The molecule has 0 heterocycles. The number of alkyl carbamates (subject to hydrolysis) is 1. The molecule has 1 aliphatic rings. The Kier molecular flexibility index (Phi) is 6.45. The van der Waals surface area contributed by atoms with Gasteiger partial charge in [-0.1, -0.05) is 66.7 Å². The van der Waals surface area contributed by atoms with Crippen molar-refractivity contribution < 1.29 is 37.3 Å². The van der Waals surface area contributed by atoms with Crippen LogP contribution in [0.3, 0.4) is 0 Å². The van der Waals surface area contributed by atoms with Crippen molar-refractivity contribution in [1.82, 2.24) is 5.32 Å². The van der Waals surface area contributed by atoms with Gasteiger partial charge in [0.1, 0.15) is 12.4 Å². The molecule has 3 aromatic carbocycles. The van der Waals surface area contributed by atoms with Gasteiger partial charge >= 0.3 is 18.4 Å². The van der Waals surface area contributed by atoms with Crippen LogP contribution in [0.4, 0.5) is 18.0 Å². The molecule has 1 atom stereocenters. The molecule has 0 aliphatic heterocycles. The van der Waals surface area contributed by atoms with Crippen LogP contribution in [-0.4, -0.2) is 30.1 Å². The smallest absolute Gasteiger partial charge is 0.481 e. The molecule has 4 rings (SSSR count). The zero-order valence-corrected chi connectivity index (χ0v) is 17.7. The van der Waals surface area contributed by atoms with E-state index < -0.39 is 36.6 Å². The second kappa shape index (κ2) is 9.46. The molecule has 0 saturated carbocycles. The third-order valence-electron chi connectivity index (χ3n) is 5.53. The van der Waals surface area contributed by atoms with Crippen LogP contribution in [0.25, 0.3) is 11.1 Å². The normalized spacial score (nSPS) is 13.5. The van der Waals surface area contributed by atoms with Gasteiger partial charge in [-0.15, -0.1) is 13.2 Å². The number of hydrogen-bond donors (Lipinski definition) is 2. The van der Waals surface area contributed by atoms with Gasteiger partial charge in [0.15, 0.2) is 0 Å². The number of carbonyl (C=O) groups excluding carboxylic acids is 1. The maximum atomic E-state index is 12.8. The van der Waals surface area contributed by atoms with E-state index in [-0.39, 0.29) is 18.1 Å². The Bertz CT molecular complexity index is 1170. The minimum Gasteiger partial charge on any atom is -0.481 e. The molecule has 1 unspecified atom stereocenters. The van der Waals surface area contributed by atoms with Crippen molar-refractivity contribution in [3.05, 3.63) is 89.5 Å². The van der Waals surface area contributed by atoms with Gasteiger partial charge in [0, 0.05) is 11.5 Å². The average molecular weight is 471 g/mol. The summed E-state index contributed by atoms with van der Waals surface area (Å²) in [7, 11) is 0. The molecule has 0 spiro atoms. The Hall–Kier alpha value is -4.01. The minimum absolute atomic E-state index is 0.0274. The molecule has 0 saturated heterocycles. The van der Waals surface area contributed by atoms with Crippen LogP contribution in [0.2, 0.25) is 0 Å². The molecule has 6 nitrogen and oxygen atoms in total. The fraction of sp³-hybridized carbons (Fsp3) is 0.200. The van der Waals surface area contributed by atoms with E-state index in [2.05, 4.69) is 10.1 Å². The maximum Gasteiger partial charge on any atom is 0.573 e. The lowest BCUT2D eigenvalue weighted by atomic mass is 9.98. The molecule has 1 aliphatic carbocycles. The van der Waals surface area contributed by atoms with Crippen molar-refractivity contribution in [2.24, 2.45) is 0 Å². The van der Waals surface area contributed by atoms with Gasteiger partial charge in [-0.25, -0.2) is 4.79 Å². The quantitative estimate of drug-likeness (QED) is 0.466. The molecule has 9 heteroatoms. The number of benzene rings is 3. The van der Waals surface area contributed by atoms with Gasteiger partial charge < -0.3 is 19.9 Å². The summed E-state index contributed by atoms with van der Waals surface area (Å²) in [6, 6.07) is 19.2. The standard InChI is InChI=1S/C25H20F3NO5/c26-25(27,28)34-22-12-6-5-11-19(22)21(13-23(30)31)29-24(32)33-14-20-17-9-3-1-7-15(17)16-8-2-4-10-18(16)20/h1-12,20-21H,13-14H2,(H,29,32)(H,30,31). The van der Waals surface area contributed by atoms with Gasteiger partial charge in [0.25, 0.3) is 0 Å². The minimum atomic E-state index is -4.98. The van der Waals surface area contributed by atoms with Gasteiger partial charge in [-0.3, -0.25) is 4.79 Å². The molecule has 0 aromatic heterocycles. The molecule has 0 fully saturated rings. The van der Waals surface area contributed by atoms with Crippen LogP contribution in [0.1, 0.15) is 35.1 Å². The topological polar surface area (TPSA) is 84.9 Å². The number of carboxylic acids is 1. The molecular formula is C25H20F3NO5. The fourth-order valence-corrected chi connectivity index (χ4v) is 4.18. The summed E-state index contributed by atoms with van der Waals surface area (Å²) < 4.78 is 47.8. The highest BCUT2D eigenvalue weighted by Crippen LogP contribution is 2.44. The average Bonchev–Trinajstić information content (AvgIpc) is 3.10. The predicted molar refractivity (Wildman–Crippen MR) is 116 cm³/mol. The summed E-state index contributed by atoms with van der Waals surface area (Å²) in [6.07, 6.45) is -6.59. The number of fused-ring (bicyclic) bond motifs is 3. The van der Waals surface area contributed by atoms with E-state index in [1.165, 1.54) is 18.2 Å². The number of para-hydroxylation sites is 1. The SMILES string of the molecule is O=C(O)CC(NC(=O)OCC1c2ccccc2-c2ccccc21)c1ccccc1OC(F)(F)F. The monoisotopic (exact) mass is 471 g/mol. The first-order valence-corrected chi connectivity index (χ1v) is 10.4. The van der Waals surface area contributed by atoms with Crippen LogP contribution in [0.5, 0.6) is 5.75 Å². The van der Waals surface area contributed by atoms with Crippen LogP contribution in [-0.2, 0) is 9.53 Å². The van der Waals surface area contributed by atoms with E-state index in [1.54, 1.807) is 0 Å².